The maximum atomic E-state index is 6.28. The number of benzene rings is 1. The van der Waals surface area contributed by atoms with E-state index in [2.05, 4.69) is 55.1 Å². The molecule has 0 spiro atoms. The van der Waals surface area contributed by atoms with Crippen molar-refractivity contribution in [2.75, 3.05) is 40.3 Å². The molecule has 0 radical (unpaired) electrons. The van der Waals surface area contributed by atoms with Crippen LogP contribution < -0.4 is 5.73 Å². The molecule has 3 nitrogen and oxygen atoms in total. The van der Waals surface area contributed by atoms with Gasteiger partial charge in [0.25, 0.3) is 0 Å². The van der Waals surface area contributed by atoms with E-state index in [9.17, 15) is 0 Å². The molecule has 0 amide bonds. The van der Waals surface area contributed by atoms with Gasteiger partial charge in [0.2, 0.25) is 0 Å². The van der Waals surface area contributed by atoms with Gasteiger partial charge in [-0.1, -0.05) is 37.3 Å². The third-order valence-electron chi connectivity index (χ3n) is 3.09. The summed E-state index contributed by atoms with van der Waals surface area (Å²) >= 11 is 0. The first-order valence-electron chi connectivity index (χ1n) is 6.81. The number of nitrogens with zero attached hydrogens (tertiary/aromatic N) is 2. The fraction of sp³-hybridized carbons (Fsp3) is 0.600. The zero-order valence-electron chi connectivity index (χ0n) is 12.0. The van der Waals surface area contributed by atoms with E-state index >= 15 is 0 Å². The summed E-state index contributed by atoms with van der Waals surface area (Å²) in [5.74, 6) is 0. The first kappa shape index (κ1) is 15.2. The van der Waals surface area contributed by atoms with Crippen LogP contribution in [0.2, 0.25) is 0 Å². The zero-order valence-corrected chi connectivity index (χ0v) is 12.0. The molecule has 1 unspecified atom stereocenters. The lowest BCUT2D eigenvalue weighted by Gasteiger charge is -2.26. The van der Waals surface area contributed by atoms with Crippen LogP contribution in [0.25, 0.3) is 0 Å². The lowest BCUT2D eigenvalue weighted by molar-refractivity contribution is 0.229. The first-order valence-corrected chi connectivity index (χ1v) is 6.81. The van der Waals surface area contributed by atoms with Gasteiger partial charge in [-0.2, -0.15) is 0 Å². The van der Waals surface area contributed by atoms with Crippen molar-refractivity contribution < 1.29 is 0 Å². The predicted molar refractivity (Wildman–Crippen MR) is 78.7 cm³/mol. The molecule has 0 aliphatic rings. The van der Waals surface area contributed by atoms with Crippen LogP contribution in [0.15, 0.2) is 30.3 Å². The number of likely N-dealkylation sites (N-methyl/N-ethyl adjacent to an activating group) is 1. The molecular formula is C15H27N3. The number of hydrogen-bond donors (Lipinski definition) is 1. The molecule has 0 aliphatic heterocycles. The van der Waals surface area contributed by atoms with E-state index < -0.39 is 0 Å². The van der Waals surface area contributed by atoms with E-state index in [1.54, 1.807) is 0 Å². The molecule has 0 heterocycles. The van der Waals surface area contributed by atoms with Crippen molar-refractivity contribution in [3.05, 3.63) is 35.9 Å². The maximum absolute atomic E-state index is 6.28. The predicted octanol–water partition coefficient (Wildman–Crippen LogP) is 1.96. The highest BCUT2D eigenvalue weighted by Gasteiger charge is 2.11. The lowest BCUT2D eigenvalue weighted by atomic mass is 10.1. The Bertz CT molecular complexity index is 311. The number of rotatable bonds is 8. The summed E-state index contributed by atoms with van der Waals surface area (Å²) in [5, 5.41) is 0. The highest BCUT2D eigenvalue weighted by Crippen LogP contribution is 2.11. The minimum Gasteiger partial charge on any atom is -0.323 e. The van der Waals surface area contributed by atoms with Crippen LogP contribution in [-0.4, -0.2) is 50.1 Å². The maximum Gasteiger partial charge on any atom is 0.0424 e. The quantitative estimate of drug-likeness (QED) is 0.764. The molecule has 0 saturated carbocycles. The Kier molecular flexibility index (Phi) is 6.94. The van der Waals surface area contributed by atoms with Gasteiger partial charge in [-0.3, -0.25) is 0 Å². The van der Waals surface area contributed by atoms with Crippen molar-refractivity contribution in [2.24, 2.45) is 5.73 Å². The Morgan fingerprint density at radius 1 is 1.06 bits per heavy atom. The average molecular weight is 249 g/mol. The minimum absolute atomic E-state index is 0.111. The monoisotopic (exact) mass is 249 g/mol. The molecule has 1 aromatic carbocycles. The molecule has 18 heavy (non-hydrogen) atoms. The summed E-state index contributed by atoms with van der Waals surface area (Å²) in [5.41, 5.74) is 7.50. The van der Waals surface area contributed by atoms with Gasteiger partial charge in [-0.05, 0) is 32.6 Å². The van der Waals surface area contributed by atoms with Crippen molar-refractivity contribution in [2.45, 2.75) is 19.4 Å². The van der Waals surface area contributed by atoms with Gasteiger partial charge < -0.3 is 15.5 Å². The second-order valence-corrected chi connectivity index (χ2v) is 5.12. The first-order chi connectivity index (χ1) is 8.63. The Hall–Kier alpha value is -0.900. The van der Waals surface area contributed by atoms with E-state index in [0.29, 0.717) is 0 Å². The number of hydrogen-bond acceptors (Lipinski definition) is 3. The Labute approximate surface area is 112 Å². The Balaban J connectivity index is 2.49. The summed E-state index contributed by atoms with van der Waals surface area (Å²) in [4.78, 5) is 4.67. The Morgan fingerprint density at radius 2 is 1.72 bits per heavy atom. The summed E-state index contributed by atoms with van der Waals surface area (Å²) < 4.78 is 0. The van der Waals surface area contributed by atoms with E-state index in [1.165, 1.54) is 12.0 Å². The van der Waals surface area contributed by atoms with Gasteiger partial charge in [-0.25, -0.2) is 0 Å². The van der Waals surface area contributed by atoms with Gasteiger partial charge in [-0.15, -0.1) is 0 Å². The van der Waals surface area contributed by atoms with Crippen molar-refractivity contribution >= 4 is 0 Å². The van der Waals surface area contributed by atoms with Crippen molar-refractivity contribution in [3.63, 3.8) is 0 Å². The molecule has 1 aromatic rings. The van der Waals surface area contributed by atoms with Crippen LogP contribution in [0.5, 0.6) is 0 Å². The summed E-state index contributed by atoms with van der Waals surface area (Å²) in [6.45, 7) is 6.44. The third kappa shape index (κ3) is 5.63. The lowest BCUT2D eigenvalue weighted by Crippen LogP contribution is -2.37. The fourth-order valence-corrected chi connectivity index (χ4v) is 2.04. The molecule has 0 fully saturated rings. The number of nitrogens with two attached hydrogens (primary N) is 1. The van der Waals surface area contributed by atoms with Gasteiger partial charge >= 0.3 is 0 Å². The van der Waals surface area contributed by atoms with Crippen molar-refractivity contribution in [1.82, 2.24) is 9.80 Å². The smallest absolute Gasteiger partial charge is 0.0424 e. The van der Waals surface area contributed by atoms with Crippen LogP contribution in [0.1, 0.15) is 24.9 Å². The molecule has 0 saturated heterocycles. The minimum atomic E-state index is 0.111. The average Bonchev–Trinajstić information content (AvgIpc) is 2.37. The van der Waals surface area contributed by atoms with E-state index in [-0.39, 0.29) is 6.04 Å². The van der Waals surface area contributed by atoms with Crippen LogP contribution in [0.3, 0.4) is 0 Å². The largest absolute Gasteiger partial charge is 0.323 e. The normalized spacial score (nSPS) is 13.2. The van der Waals surface area contributed by atoms with Crippen LogP contribution in [0, 0.1) is 0 Å². The molecule has 0 bridgehead atoms. The standard InChI is InChI=1S/C15H27N3/c1-4-10-18(12-11-17(2)3)13-15(16)14-8-6-5-7-9-14/h5-9,15H,4,10-13,16H2,1-3H3. The third-order valence-corrected chi connectivity index (χ3v) is 3.09. The molecule has 102 valence electrons. The van der Waals surface area contributed by atoms with Crippen molar-refractivity contribution in [3.8, 4) is 0 Å². The fourth-order valence-electron chi connectivity index (χ4n) is 2.04. The Morgan fingerprint density at radius 3 is 2.28 bits per heavy atom. The molecule has 0 aromatic heterocycles. The highest BCUT2D eigenvalue weighted by atomic mass is 15.2. The second kappa shape index (κ2) is 8.25. The van der Waals surface area contributed by atoms with Crippen molar-refractivity contribution in [1.29, 1.82) is 0 Å². The van der Waals surface area contributed by atoms with Crippen LogP contribution in [0.4, 0.5) is 0 Å². The second-order valence-electron chi connectivity index (χ2n) is 5.12. The SMILES string of the molecule is CCCN(CCN(C)C)CC(N)c1ccccc1. The molecule has 1 atom stereocenters. The van der Waals surface area contributed by atoms with Crippen LogP contribution >= 0.6 is 0 Å². The molecular weight excluding hydrogens is 222 g/mol. The van der Waals surface area contributed by atoms with E-state index in [1.807, 2.05) is 6.07 Å². The molecule has 1 rings (SSSR count). The van der Waals surface area contributed by atoms with Crippen LogP contribution in [-0.2, 0) is 0 Å². The molecule has 2 N–H and O–H groups in total. The zero-order chi connectivity index (χ0) is 13.4. The highest BCUT2D eigenvalue weighted by molar-refractivity contribution is 5.18. The molecule has 3 heteroatoms. The van der Waals surface area contributed by atoms with Gasteiger partial charge in [0, 0.05) is 25.7 Å². The van der Waals surface area contributed by atoms with E-state index in [0.717, 1.165) is 26.2 Å². The summed E-state index contributed by atoms with van der Waals surface area (Å²) in [7, 11) is 4.22. The van der Waals surface area contributed by atoms with E-state index in [4.69, 9.17) is 5.73 Å². The van der Waals surface area contributed by atoms with Gasteiger partial charge in [0.15, 0.2) is 0 Å². The van der Waals surface area contributed by atoms with Gasteiger partial charge in [0.1, 0.15) is 0 Å². The summed E-state index contributed by atoms with van der Waals surface area (Å²) in [6.07, 6.45) is 1.18. The summed E-state index contributed by atoms with van der Waals surface area (Å²) in [6, 6.07) is 10.5. The molecule has 0 aliphatic carbocycles. The topological polar surface area (TPSA) is 32.5 Å². The van der Waals surface area contributed by atoms with Gasteiger partial charge in [0.05, 0.1) is 0 Å².